The largest absolute Gasteiger partial charge is 0.466 e. The minimum atomic E-state index is -1.34. The fourth-order valence-corrected chi connectivity index (χ4v) is 1.13. The fraction of sp³-hybridized carbons (Fsp3) is 0.500. The van der Waals surface area contributed by atoms with Crippen molar-refractivity contribution in [2.24, 2.45) is 0 Å². The maximum atomic E-state index is 10.8. The van der Waals surface area contributed by atoms with E-state index in [2.05, 4.69) is 35.8 Å². The van der Waals surface area contributed by atoms with Gasteiger partial charge in [0.1, 0.15) is 8.07 Å². The Morgan fingerprint density at radius 2 is 1.92 bits per heavy atom. The molecule has 0 fully saturated rings. The third-order valence-corrected chi connectivity index (χ3v) is 2.05. The van der Waals surface area contributed by atoms with E-state index in [0.29, 0.717) is 0 Å². The van der Waals surface area contributed by atoms with Crippen molar-refractivity contribution in [1.29, 1.82) is 0 Å². The molecular weight excluding hydrogens is 180 g/mol. The van der Waals surface area contributed by atoms with Gasteiger partial charge in [0.2, 0.25) is 0 Å². The lowest BCUT2D eigenvalue weighted by Crippen LogP contribution is -2.16. The first-order chi connectivity index (χ1) is 5.85. The van der Waals surface area contributed by atoms with Gasteiger partial charge in [-0.2, -0.15) is 0 Å². The molecule has 0 spiro atoms. The van der Waals surface area contributed by atoms with E-state index in [1.165, 1.54) is 13.2 Å². The van der Waals surface area contributed by atoms with Gasteiger partial charge < -0.3 is 4.74 Å². The number of ether oxygens (including phenoxy) is 1. The van der Waals surface area contributed by atoms with Gasteiger partial charge in [0.25, 0.3) is 0 Å². The van der Waals surface area contributed by atoms with E-state index in [9.17, 15) is 4.79 Å². The van der Waals surface area contributed by atoms with E-state index in [-0.39, 0.29) is 5.97 Å². The minimum absolute atomic E-state index is 0.345. The van der Waals surface area contributed by atoms with Crippen LogP contribution in [0.4, 0.5) is 0 Å². The molecule has 0 aromatic carbocycles. The summed E-state index contributed by atoms with van der Waals surface area (Å²) in [5.74, 6) is 2.61. The molecule has 0 radical (unpaired) electrons. The van der Waals surface area contributed by atoms with Crippen molar-refractivity contribution in [3.05, 3.63) is 11.6 Å². The Morgan fingerprint density at radius 3 is 2.31 bits per heavy atom. The second kappa shape index (κ2) is 4.88. The van der Waals surface area contributed by atoms with Crippen molar-refractivity contribution < 1.29 is 9.53 Å². The highest BCUT2D eigenvalue weighted by atomic mass is 28.3. The first kappa shape index (κ1) is 12.0. The molecule has 0 amide bonds. The van der Waals surface area contributed by atoms with Crippen LogP contribution < -0.4 is 0 Å². The van der Waals surface area contributed by atoms with Crippen LogP contribution in [0.15, 0.2) is 11.6 Å². The minimum Gasteiger partial charge on any atom is -0.466 e. The van der Waals surface area contributed by atoms with Crippen LogP contribution in [0.1, 0.15) is 6.92 Å². The topological polar surface area (TPSA) is 26.3 Å². The molecule has 0 aliphatic rings. The summed E-state index contributed by atoms with van der Waals surface area (Å²) in [4.78, 5) is 10.8. The highest BCUT2D eigenvalue weighted by Crippen LogP contribution is 1.98. The lowest BCUT2D eigenvalue weighted by Gasteiger charge is -2.03. The van der Waals surface area contributed by atoms with Crippen molar-refractivity contribution in [3.63, 3.8) is 0 Å². The van der Waals surface area contributed by atoms with Gasteiger partial charge in [-0.1, -0.05) is 25.6 Å². The fourth-order valence-electron chi connectivity index (χ4n) is 0.558. The first-order valence-electron chi connectivity index (χ1n) is 4.14. The number of methoxy groups -OCH3 is 1. The molecule has 0 rings (SSSR count). The van der Waals surface area contributed by atoms with Gasteiger partial charge in [0.15, 0.2) is 0 Å². The van der Waals surface area contributed by atoms with E-state index >= 15 is 0 Å². The zero-order chi connectivity index (χ0) is 10.5. The number of hydrogen-bond donors (Lipinski definition) is 0. The van der Waals surface area contributed by atoms with Crippen LogP contribution in [0.3, 0.4) is 0 Å². The smallest absolute Gasteiger partial charge is 0.331 e. The number of carbonyl (C=O) groups excluding carboxylic acids is 1. The molecule has 0 aliphatic heterocycles. The SMILES string of the molecule is COC(=O)/C=C(\C)C#C[Si](C)(C)C. The summed E-state index contributed by atoms with van der Waals surface area (Å²) < 4.78 is 4.48. The van der Waals surface area contributed by atoms with E-state index in [4.69, 9.17) is 0 Å². The van der Waals surface area contributed by atoms with Crippen LogP contribution >= 0.6 is 0 Å². The van der Waals surface area contributed by atoms with Crippen molar-refractivity contribution >= 4 is 14.0 Å². The van der Waals surface area contributed by atoms with Gasteiger partial charge >= 0.3 is 5.97 Å². The zero-order valence-electron chi connectivity index (χ0n) is 8.89. The molecular formula is C10H16O2Si. The number of esters is 1. The molecule has 0 bridgehead atoms. The Kier molecular flexibility index (Phi) is 4.50. The molecule has 0 aromatic heterocycles. The van der Waals surface area contributed by atoms with Crippen molar-refractivity contribution in [1.82, 2.24) is 0 Å². The molecule has 0 unspecified atom stereocenters. The van der Waals surface area contributed by atoms with Gasteiger partial charge in [-0.3, -0.25) is 0 Å². The number of hydrogen-bond acceptors (Lipinski definition) is 2. The summed E-state index contributed by atoms with van der Waals surface area (Å²) >= 11 is 0. The summed E-state index contributed by atoms with van der Waals surface area (Å²) in [7, 11) is 0.0239. The summed E-state index contributed by atoms with van der Waals surface area (Å²) in [5, 5.41) is 0. The maximum absolute atomic E-state index is 10.8. The molecule has 0 atom stereocenters. The first-order valence-corrected chi connectivity index (χ1v) is 7.64. The van der Waals surface area contributed by atoms with Crippen molar-refractivity contribution in [2.45, 2.75) is 26.6 Å². The van der Waals surface area contributed by atoms with E-state index < -0.39 is 8.07 Å². The Bertz CT molecular complexity index is 274. The molecule has 72 valence electrons. The second-order valence-electron chi connectivity index (χ2n) is 3.85. The third kappa shape index (κ3) is 7.35. The van der Waals surface area contributed by atoms with Crippen LogP contribution in [0.5, 0.6) is 0 Å². The quantitative estimate of drug-likeness (QED) is 0.277. The predicted octanol–water partition coefficient (Wildman–Crippen LogP) is 1.99. The molecule has 0 aliphatic carbocycles. The maximum Gasteiger partial charge on any atom is 0.331 e. The van der Waals surface area contributed by atoms with Crippen LogP contribution in [0, 0.1) is 11.5 Å². The summed E-state index contributed by atoms with van der Waals surface area (Å²) in [6, 6.07) is 0. The van der Waals surface area contributed by atoms with Crippen LogP contribution in [-0.2, 0) is 9.53 Å². The summed E-state index contributed by atoms with van der Waals surface area (Å²) in [5.41, 5.74) is 3.92. The van der Waals surface area contributed by atoms with Crippen LogP contribution in [0.2, 0.25) is 19.6 Å². The molecule has 0 saturated heterocycles. The number of allylic oxidation sites excluding steroid dienone is 1. The Balaban J connectivity index is 4.44. The van der Waals surface area contributed by atoms with Crippen molar-refractivity contribution in [2.75, 3.05) is 7.11 Å². The monoisotopic (exact) mass is 196 g/mol. The molecule has 0 aromatic rings. The molecule has 2 nitrogen and oxygen atoms in total. The zero-order valence-corrected chi connectivity index (χ0v) is 9.89. The second-order valence-corrected chi connectivity index (χ2v) is 8.60. The molecule has 0 heterocycles. The van der Waals surface area contributed by atoms with Gasteiger partial charge in [-0.25, -0.2) is 4.79 Å². The highest BCUT2D eigenvalue weighted by Gasteiger charge is 2.07. The van der Waals surface area contributed by atoms with Crippen LogP contribution in [0.25, 0.3) is 0 Å². The Morgan fingerprint density at radius 1 is 1.38 bits per heavy atom. The summed E-state index contributed by atoms with van der Waals surface area (Å²) in [6.45, 7) is 8.28. The molecule has 0 saturated carbocycles. The van der Waals surface area contributed by atoms with Gasteiger partial charge in [-0.15, -0.1) is 5.54 Å². The Labute approximate surface area is 81.0 Å². The standard InChI is InChI=1S/C10H16O2Si/c1-9(8-10(11)12-2)6-7-13(3,4)5/h8H,1-5H3/b9-8+. The molecule has 0 N–H and O–H groups in total. The highest BCUT2D eigenvalue weighted by molar-refractivity contribution is 6.83. The van der Waals surface area contributed by atoms with E-state index in [1.807, 2.05) is 6.92 Å². The van der Waals surface area contributed by atoms with Gasteiger partial charge in [0, 0.05) is 11.6 Å². The van der Waals surface area contributed by atoms with Crippen molar-refractivity contribution in [3.8, 4) is 11.5 Å². The molecule has 13 heavy (non-hydrogen) atoms. The average molecular weight is 196 g/mol. The van der Waals surface area contributed by atoms with Crippen LogP contribution in [-0.4, -0.2) is 21.2 Å². The molecule has 3 heteroatoms. The Hall–Kier alpha value is -1.01. The number of rotatable bonds is 1. The summed E-state index contributed by atoms with van der Waals surface area (Å²) in [6.07, 6.45) is 1.41. The van der Waals surface area contributed by atoms with Gasteiger partial charge in [0.05, 0.1) is 7.11 Å². The normalized spacial score (nSPS) is 11.6. The lowest BCUT2D eigenvalue weighted by molar-refractivity contribution is -0.134. The van der Waals surface area contributed by atoms with E-state index in [0.717, 1.165) is 5.57 Å². The van der Waals surface area contributed by atoms with Gasteiger partial charge in [-0.05, 0) is 6.92 Å². The lowest BCUT2D eigenvalue weighted by atomic mass is 10.3. The average Bonchev–Trinajstić information content (AvgIpc) is 1.99. The number of carbonyl (C=O) groups is 1. The predicted molar refractivity (Wildman–Crippen MR) is 56.9 cm³/mol. The van der Waals surface area contributed by atoms with E-state index in [1.54, 1.807) is 0 Å². The third-order valence-electron chi connectivity index (χ3n) is 1.17.